The molecule has 5 nitrogen and oxygen atoms in total. The third-order valence-corrected chi connectivity index (χ3v) is 3.05. The van der Waals surface area contributed by atoms with Crippen molar-refractivity contribution in [2.45, 2.75) is 25.8 Å². The second kappa shape index (κ2) is 6.61. The summed E-state index contributed by atoms with van der Waals surface area (Å²) in [7, 11) is 0. The van der Waals surface area contributed by atoms with Crippen molar-refractivity contribution in [2.24, 2.45) is 5.73 Å². The zero-order chi connectivity index (χ0) is 12.8. The van der Waals surface area contributed by atoms with Gasteiger partial charge in [-0.3, -0.25) is 4.98 Å². The number of nitrogens with zero attached hydrogens (tertiary/aromatic N) is 4. The number of pyridine rings is 1. The molecule has 0 aromatic carbocycles. The summed E-state index contributed by atoms with van der Waals surface area (Å²) in [6, 6.07) is 3.95. The first-order valence-electron chi connectivity index (χ1n) is 5.97. The third kappa shape index (κ3) is 3.89. The second-order valence-electron chi connectivity index (χ2n) is 4.12. The first kappa shape index (κ1) is 13.2. The topological polar surface area (TPSA) is 69.6 Å². The molecule has 0 aliphatic rings. The lowest BCUT2D eigenvalue weighted by Gasteiger charge is -1.99. The summed E-state index contributed by atoms with van der Waals surface area (Å²) in [5.41, 5.74) is 7.44. The van der Waals surface area contributed by atoms with Gasteiger partial charge in [-0.05, 0) is 53.9 Å². The molecule has 0 amide bonds. The summed E-state index contributed by atoms with van der Waals surface area (Å²) in [5, 5.41) is 8.23. The van der Waals surface area contributed by atoms with Gasteiger partial charge in [0.2, 0.25) is 0 Å². The Labute approximate surface area is 115 Å². The molecule has 0 bridgehead atoms. The molecule has 2 aromatic rings. The van der Waals surface area contributed by atoms with Crippen LogP contribution in [0.25, 0.3) is 0 Å². The molecule has 0 radical (unpaired) electrons. The monoisotopic (exact) mass is 309 g/mol. The quantitative estimate of drug-likeness (QED) is 0.826. The lowest BCUT2D eigenvalue weighted by Crippen LogP contribution is -2.02. The van der Waals surface area contributed by atoms with Crippen LogP contribution in [0.2, 0.25) is 0 Å². The van der Waals surface area contributed by atoms with Crippen LogP contribution in [0.3, 0.4) is 0 Å². The standard InChI is InChI=1S/C12H16BrN5/c13-10-4-5-11(15-7-10)8-18-9-12(16-17-18)3-1-2-6-14/h4-5,7,9H,1-3,6,8,14H2. The normalized spacial score (nSPS) is 10.8. The van der Waals surface area contributed by atoms with Crippen molar-refractivity contribution in [1.82, 2.24) is 20.0 Å². The van der Waals surface area contributed by atoms with E-state index in [1.165, 1.54) is 0 Å². The van der Waals surface area contributed by atoms with E-state index in [-0.39, 0.29) is 0 Å². The largest absolute Gasteiger partial charge is 0.330 e. The van der Waals surface area contributed by atoms with Gasteiger partial charge in [0.15, 0.2) is 0 Å². The lowest BCUT2D eigenvalue weighted by molar-refractivity contribution is 0.637. The molecule has 0 atom stereocenters. The summed E-state index contributed by atoms with van der Waals surface area (Å²) in [4.78, 5) is 4.31. The van der Waals surface area contributed by atoms with E-state index in [9.17, 15) is 0 Å². The summed E-state index contributed by atoms with van der Waals surface area (Å²) in [6.07, 6.45) is 6.78. The van der Waals surface area contributed by atoms with E-state index in [0.717, 1.165) is 41.7 Å². The van der Waals surface area contributed by atoms with Crippen LogP contribution in [0.15, 0.2) is 29.0 Å². The number of halogens is 1. The average Bonchev–Trinajstić information content (AvgIpc) is 2.80. The van der Waals surface area contributed by atoms with Gasteiger partial charge in [0.05, 0.1) is 17.9 Å². The summed E-state index contributed by atoms with van der Waals surface area (Å²) >= 11 is 3.36. The molecule has 0 aliphatic carbocycles. The van der Waals surface area contributed by atoms with Gasteiger partial charge in [-0.15, -0.1) is 5.10 Å². The Bertz CT molecular complexity index is 479. The average molecular weight is 310 g/mol. The predicted molar refractivity (Wildman–Crippen MR) is 73.1 cm³/mol. The van der Waals surface area contributed by atoms with Gasteiger partial charge in [-0.1, -0.05) is 5.21 Å². The zero-order valence-electron chi connectivity index (χ0n) is 10.1. The SMILES string of the molecule is NCCCCc1cn(Cc2ccc(Br)cn2)nn1. The Morgan fingerprint density at radius 2 is 2.11 bits per heavy atom. The number of nitrogens with two attached hydrogens (primary N) is 1. The molecular weight excluding hydrogens is 294 g/mol. The first-order chi connectivity index (χ1) is 8.78. The van der Waals surface area contributed by atoms with Gasteiger partial charge in [-0.25, -0.2) is 4.68 Å². The zero-order valence-corrected chi connectivity index (χ0v) is 11.7. The molecule has 2 N–H and O–H groups in total. The molecule has 96 valence electrons. The highest BCUT2D eigenvalue weighted by Crippen LogP contribution is 2.08. The molecule has 0 aliphatic heterocycles. The first-order valence-corrected chi connectivity index (χ1v) is 6.77. The van der Waals surface area contributed by atoms with E-state index < -0.39 is 0 Å². The van der Waals surface area contributed by atoms with Gasteiger partial charge < -0.3 is 5.73 Å². The maximum absolute atomic E-state index is 5.46. The van der Waals surface area contributed by atoms with E-state index in [4.69, 9.17) is 5.73 Å². The van der Waals surface area contributed by atoms with Crippen LogP contribution in [-0.2, 0) is 13.0 Å². The molecule has 0 saturated carbocycles. The maximum atomic E-state index is 5.46. The third-order valence-electron chi connectivity index (χ3n) is 2.59. The van der Waals surface area contributed by atoms with Crippen LogP contribution in [0, 0.1) is 0 Å². The Morgan fingerprint density at radius 1 is 1.22 bits per heavy atom. The van der Waals surface area contributed by atoms with E-state index in [1.807, 2.05) is 23.0 Å². The molecule has 0 saturated heterocycles. The highest BCUT2D eigenvalue weighted by molar-refractivity contribution is 9.10. The van der Waals surface area contributed by atoms with Crippen molar-refractivity contribution in [2.75, 3.05) is 6.54 Å². The molecule has 2 rings (SSSR count). The Kier molecular flexibility index (Phi) is 4.83. The Balaban J connectivity index is 1.91. The lowest BCUT2D eigenvalue weighted by atomic mass is 10.2. The summed E-state index contributed by atoms with van der Waals surface area (Å²) in [5.74, 6) is 0. The van der Waals surface area contributed by atoms with Crippen molar-refractivity contribution >= 4 is 15.9 Å². The summed E-state index contributed by atoms with van der Waals surface area (Å²) < 4.78 is 2.79. The van der Waals surface area contributed by atoms with Crippen molar-refractivity contribution in [3.8, 4) is 0 Å². The van der Waals surface area contributed by atoms with Gasteiger partial charge in [0.1, 0.15) is 0 Å². The van der Waals surface area contributed by atoms with Crippen molar-refractivity contribution in [3.05, 3.63) is 40.4 Å². The van der Waals surface area contributed by atoms with Crippen LogP contribution < -0.4 is 5.73 Å². The van der Waals surface area contributed by atoms with Crippen molar-refractivity contribution in [1.29, 1.82) is 0 Å². The molecule has 2 heterocycles. The second-order valence-corrected chi connectivity index (χ2v) is 5.04. The highest BCUT2D eigenvalue weighted by Gasteiger charge is 2.02. The van der Waals surface area contributed by atoms with Gasteiger partial charge in [0, 0.05) is 16.9 Å². The smallest absolute Gasteiger partial charge is 0.0849 e. The van der Waals surface area contributed by atoms with Crippen LogP contribution in [0.1, 0.15) is 24.2 Å². The minimum atomic E-state index is 0.650. The predicted octanol–water partition coefficient (Wildman–Crippen LogP) is 1.77. The number of aromatic nitrogens is 4. The van der Waals surface area contributed by atoms with E-state index >= 15 is 0 Å². The molecule has 2 aromatic heterocycles. The van der Waals surface area contributed by atoms with Gasteiger partial charge in [-0.2, -0.15) is 0 Å². The van der Waals surface area contributed by atoms with Crippen molar-refractivity contribution in [3.63, 3.8) is 0 Å². The van der Waals surface area contributed by atoms with Gasteiger partial charge >= 0.3 is 0 Å². The molecular formula is C12H16BrN5. The number of rotatable bonds is 6. The fourth-order valence-electron chi connectivity index (χ4n) is 1.65. The van der Waals surface area contributed by atoms with Crippen LogP contribution in [0.4, 0.5) is 0 Å². The number of unbranched alkanes of at least 4 members (excludes halogenated alkanes) is 1. The molecule has 18 heavy (non-hydrogen) atoms. The van der Waals surface area contributed by atoms with E-state index in [0.29, 0.717) is 6.54 Å². The van der Waals surface area contributed by atoms with Crippen molar-refractivity contribution < 1.29 is 0 Å². The molecule has 0 fully saturated rings. The Morgan fingerprint density at radius 3 is 2.83 bits per heavy atom. The molecule has 0 unspecified atom stereocenters. The van der Waals surface area contributed by atoms with Crippen LogP contribution in [-0.4, -0.2) is 26.5 Å². The number of aryl methyl sites for hydroxylation is 1. The van der Waals surface area contributed by atoms with E-state index in [2.05, 4.69) is 31.2 Å². The highest BCUT2D eigenvalue weighted by atomic mass is 79.9. The van der Waals surface area contributed by atoms with E-state index in [1.54, 1.807) is 6.20 Å². The van der Waals surface area contributed by atoms with Crippen LogP contribution in [0.5, 0.6) is 0 Å². The summed E-state index contributed by atoms with van der Waals surface area (Å²) in [6.45, 7) is 1.38. The Hall–Kier alpha value is -1.27. The maximum Gasteiger partial charge on any atom is 0.0849 e. The van der Waals surface area contributed by atoms with Crippen LogP contribution >= 0.6 is 15.9 Å². The minimum Gasteiger partial charge on any atom is -0.330 e. The minimum absolute atomic E-state index is 0.650. The fraction of sp³-hybridized carbons (Fsp3) is 0.417. The van der Waals surface area contributed by atoms with Gasteiger partial charge in [0.25, 0.3) is 0 Å². The molecule has 6 heteroatoms. The number of hydrogen-bond donors (Lipinski definition) is 1. The number of hydrogen-bond acceptors (Lipinski definition) is 4. The fourth-order valence-corrected chi connectivity index (χ4v) is 1.88. The molecule has 0 spiro atoms.